The Bertz CT molecular complexity index is 855. The average Bonchev–Trinajstić information content (AvgIpc) is 3.18. The lowest BCUT2D eigenvalue weighted by Gasteiger charge is -2.04. The minimum Gasteiger partial charge on any atom is -0.468 e. The Kier molecular flexibility index (Phi) is 4.66. The highest BCUT2D eigenvalue weighted by Gasteiger charge is 2.15. The normalized spacial score (nSPS) is 10.8. The van der Waals surface area contributed by atoms with E-state index >= 15 is 0 Å². The predicted octanol–water partition coefficient (Wildman–Crippen LogP) is 2.95. The molecule has 7 nitrogen and oxygen atoms in total. The van der Waals surface area contributed by atoms with Crippen molar-refractivity contribution in [2.24, 2.45) is 0 Å². The van der Waals surface area contributed by atoms with Gasteiger partial charge in [0.2, 0.25) is 0 Å². The molecule has 0 bridgehead atoms. The number of rotatable bonds is 5. The number of methoxy groups -OCH3 is 1. The van der Waals surface area contributed by atoms with E-state index in [2.05, 4.69) is 15.3 Å². The van der Waals surface area contributed by atoms with Crippen LogP contribution >= 0.6 is 11.8 Å². The van der Waals surface area contributed by atoms with Crippen LogP contribution in [0.1, 0.15) is 27.5 Å². The first kappa shape index (κ1) is 16.3. The van der Waals surface area contributed by atoms with Crippen molar-refractivity contribution in [3.8, 4) is 5.82 Å². The van der Waals surface area contributed by atoms with Gasteiger partial charge in [-0.25, -0.2) is 9.48 Å². The number of aryl methyl sites for hydroxylation is 2. The summed E-state index contributed by atoms with van der Waals surface area (Å²) in [6.07, 6.45) is 1.47. The van der Waals surface area contributed by atoms with Gasteiger partial charge in [-0.15, -0.1) is 10.2 Å². The molecule has 8 heteroatoms. The van der Waals surface area contributed by atoms with Crippen LogP contribution in [0.3, 0.4) is 0 Å². The number of aromatic nitrogens is 4. The van der Waals surface area contributed by atoms with Gasteiger partial charge in [0, 0.05) is 5.69 Å². The molecule has 0 atom stereocenters. The standard InChI is InChI=1S/C16H16N4O3S/c1-10-8-11(2)20(19-10)14-4-5-15(18-17-14)24-9-13-12(6-7-23-13)16(21)22-3/h4-8H,9H2,1-3H3. The second-order valence-corrected chi connectivity index (χ2v) is 6.10. The zero-order valence-corrected chi connectivity index (χ0v) is 14.3. The summed E-state index contributed by atoms with van der Waals surface area (Å²) in [5.74, 6) is 1.27. The number of carbonyl (C=O) groups excluding carboxylic acids is 1. The largest absolute Gasteiger partial charge is 0.468 e. The van der Waals surface area contributed by atoms with E-state index < -0.39 is 5.97 Å². The second kappa shape index (κ2) is 6.88. The lowest BCUT2D eigenvalue weighted by Crippen LogP contribution is -2.04. The maximum absolute atomic E-state index is 11.6. The first-order valence-electron chi connectivity index (χ1n) is 7.23. The first-order valence-corrected chi connectivity index (χ1v) is 8.22. The fourth-order valence-electron chi connectivity index (χ4n) is 2.25. The van der Waals surface area contributed by atoms with Gasteiger partial charge in [0.25, 0.3) is 0 Å². The highest BCUT2D eigenvalue weighted by atomic mass is 32.2. The van der Waals surface area contributed by atoms with Gasteiger partial charge in [-0.2, -0.15) is 5.10 Å². The zero-order valence-electron chi connectivity index (χ0n) is 13.5. The van der Waals surface area contributed by atoms with Crippen molar-refractivity contribution in [3.63, 3.8) is 0 Å². The van der Waals surface area contributed by atoms with Gasteiger partial charge < -0.3 is 9.15 Å². The van der Waals surface area contributed by atoms with Crippen molar-refractivity contribution >= 4 is 17.7 Å². The van der Waals surface area contributed by atoms with Crippen molar-refractivity contribution in [2.45, 2.75) is 24.6 Å². The molecule has 0 aromatic carbocycles. The molecule has 0 amide bonds. The Balaban J connectivity index is 1.70. The van der Waals surface area contributed by atoms with Gasteiger partial charge >= 0.3 is 5.97 Å². The molecule has 3 aromatic heterocycles. The van der Waals surface area contributed by atoms with Crippen molar-refractivity contribution < 1.29 is 13.9 Å². The third kappa shape index (κ3) is 3.33. The molecule has 24 heavy (non-hydrogen) atoms. The molecule has 124 valence electrons. The Morgan fingerprint density at radius 3 is 2.75 bits per heavy atom. The molecule has 0 fully saturated rings. The Hall–Kier alpha value is -2.61. The number of hydrogen-bond acceptors (Lipinski definition) is 7. The summed E-state index contributed by atoms with van der Waals surface area (Å²) < 4.78 is 11.8. The van der Waals surface area contributed by atoms with Crippen molar-refractivity contribution in [1.29, 1.82) is 0 Å². The quantitative estimate of drug-likeness (QED) is 0.520. The lowest BCUT2D eigenvalue weighted by atomic mass is 10.3. The van der Waals surface area contributed by atoms with E-state index in [0.717, 1.165) is 16.4 Å². The lowest BCUT2D eigenvalue weighted by molar-refractivity contribution is 0.0598. The zero-order chi connectivity index (χ0) is 17.1. The molecule has 3 rings (SSSR count). The smallest absolute Gasteiger partial charge is 0.341 e. The number of ether oxygens (including phenoxy) is 1. The third-order valence-electron chi connectivity index (χ3n) is 3.35. The van der Waals surface area contributed by atoms with Crippen molar-refractivity contribution in [1.82, 2.24) is 20.0 Å². The fraction of sp³-hybridized carbons (Fsp3) is 0.250. The number of nitrogens with zero attached hydrogens (tertiary/aromatic N) is 4. The topological polar surface area (TPSA) is 83.0 Å². The monoisotopic (exact) mass is 344 g/mol. The first-order chi connectivity index (χ1) is 11.6. The summed E-state index contributed by atoms with van der Waals surface area (Å²) in [5.41, 5.74) is 2.36. The minimum atomic E-state index is -0.412. The molecule has 3 aromatic rings. The summed E-state index contributed by atoms with van der Waals surface area (Å²) in [6.45, 7) is 3.90. The molecule has 0 N–H and O–H groups in total. The maximum atomic E-state index is 11.6. The van der Waals surface area contributed by atoms with Gasteiger partial charge in [-0.3, -0.25) is 0 Å². The molecular weight excluding hydrogens is 328 g/mol. The summed E-state index contributed by atoms with van der Waals surface area (Å²) >= 11 is 1.43. The highest BCUT2D eigenvalue weighted by molar-refractivity contribution is 7.98. The van der Waals surface area contributed by atoms with E-state index in [9.17, 15) is 4.79 Å². The van der Waals surface area contributed by atoms with Gasteiger partial charge in [-0.05, 0) is 38.1 Å². The second-order valence-electron chi connectivity index (χ2n) is 5.11. The molecular formula is C16H16N4O3S. The molecule has 0 saturated heterocycles. The van der Waals surface area contributed by atoms with Gasteiger partial charge in [0.05, 0.1) is 24.8 Å². The van der Waals surface area contributed by atoms with Crippen molar-refractivity contribution in [2.75, 3.05) is 7.11 Å². The predicted molar refractivity (Wildman–Crippen MR) is 88.2 cm³/mol. The van der Waals surface area contributed by atoms with Gasteiger partial charge in [0.15, 0.2) is 5.82 Å². The van der Waals surface area contributed by atoms with E-state index in [1.165, 1.54) is 25.1 Å². The molecule has 0 aliphatic rings. The van der Waals surface area contributed by atoms with Crippen LogP contribution in [0.15, 0.2) is 40.0 Å². The Morgan fingerprint density at radius 2 is 2.12 bits per heavy atom. The van der Waals surface area contributed by atoms with Gasteiger partial charge in [0.1, 0.15) is 16.3 Å². The van der Waals surface area contributed by atoms with Crippen LogP contribution in [0.4, 0.5) is 0 Å². The summed E-state index contributed by atoms with van der Waals surface area (Å²) in [7, 11) is 1.34. The van der Waals surface area contributed by atoms with E-state index in [4.69, 9.17) is 9.15 Å². The molecule has 0 aliphatic carbocycles. The van der Waals surface area contributed by atoms with Crippen LogP contribution in [-0.4, -0.2) is 33.1 Å². The van der Waals surface area contributed by atoms with Crippen molar-refractivity contribution in [3.05, 3.63) is 53.2 Å². The Labute approximate surface area is 143 Å². The molecule has 0 saturated carbocycles. The molecule has 0 radical (unpaired) electrons. The molecule has 0 spiro atoms. The SMILES string of the molecule is COC(=O)c1ccoc1CSc1ccc(-n2nc(C)cc2C)nn1. The number of carbonyl (C=O) groups is 1. The summed E-state index contributed by atoms with van der Waals surface area (Å²) in [6, 6.07) is 7.30. The minimum absolute atomic E-state index is 0.412. The van der Waals surface area contributed by atoms with Crippen LogP contribution in [0.5, 0.6) is 0 Å². The Morgan fingerprint density at radius 1 is 1.29 bits per heavy atom. The number of hydrogen-bond donors (Lipinski definition) is 0. The molecule has 0 aliphatic heterocycles. The fourth-order valence-corrected chi connectivity index (χ4v) is 3.01. The molecule has 0 unspecified atom stereocenters. The van der Waals surface area contributed by atoms with E-state index in [-0.39, 0.29) is 0 Å². The van der Waals surface area contributed by atoms with Crippen LogP contribution < -0.4 is 0 Å². The summed E-state index contributed by atoms with van der Waals surface area (Å²) in [4.78, 5) is 11.6. The van der Waals surface area contributed by atoms with Crippen LogP contribution in [-0.2, 0) is 10.5 Å². The van der Waals surface area contributed by atoms with E-state index in [0.29, 0.717) is 22.9 Å². The van der Waals surface area contributed by atoms with Crippen LogP contribution in [0, 0.1) is 13.8 Å². The maximum Gasteiger partial charge on any atom is 0.341 e. The third-order valence-corrected chi connectivity index (χ3v) is 4.27. The molecule has 3 heterocycles. The number of esters is 1. The number of furan rings is 1. The van der Waals surface area contributed by atoms with Crippen LogP contribution in [0.25, 0.3) is 5.82 Å². The number of thioether (sulfide) groups is 1. The van der Waals surface area contributed by atoms with Gasteiger partial charge in [-0.1, -0.05) is 11.8 Å². The highest BCUT2D eigenvalue weighted by Crippen LogP contribution is 2.24. The van der Waals surface area contributed by atoms with Crippen LogP contribution in [0.2, 0.25) is 0 Å². The van der Waals surface area contributed by atoms with E-state index in [1.807, 2.05) is 32.0 Å². The average molecular weight is 344 g/mol. The summed E-state index contributed by atoms with van der Waals surface area (Å²) in [5, 5.41) is 13.5. The van der Waals surface area contributed by atoms with E-state index in [1.54, 1.807) is 10.7 Å².